The first-order chi connectivity index (χ1) is 13.6. The Morgan fingerprint density at radius 1 is 0.929 bits per heavy atom. The van der Waals surface area contributed by atoms with E-state index in [1.54, 1.807) is 30.6 Å². The third-order valence-corrected chi connectivity index (χ3v) is 4.51. The minimum atomic E-state index is -0.503. The molecule has 0 radical (unpaired) electrons. The van der Waals surface area contributed by atoms with Crippen molar-refractivity contribution in [1.82, 2.24) is 9.97 Å². The predicted molar refractivity (Wildman–Crippen MR) is 110 cm³/mol. The summed E-state index contributed by atoms with van der Waals surface area (Å²) in [6.07, 6.45) is 6.53. The van der Waals surface area contributed by atoms with E-state index in [2.05, 4.69) is 9.97 Å². The number of carbonyl (C=O) groups excluding carboxylic acids is 2. The Morgan fingerprint density at radius 3 is 2.36 bits per heavy atom. The highest BCUT2D eigenvalue weighted by Gasteiger charge is 2.10. The minimum absolute atomic E-state index is 0.00904. The first-order valence-electron chi connectivity index (χ1n) is 8.76. The lowest BCUT2D eigenvalue weighted by molar-refractivity contribution is -0.113. The molecule has 2 heterocycles. The predicted octanol–water partition coefficient (Wildman–Crippen LogP) is 3.96. The molecule has 2 aromatic carbocycles. The fourth-order valence-electron chi connectivity index (χ4n) is 3.06. The number of aromatic nitrogens is 2. The minimum Gasteiger partial charge on any atom is -0.366 e. The van der Waals surface area contributed by atoms with Gasteiger partial charge >= 0.3 is 0 Å². The van der Waals surface area contributed by atoms with E-state index in [1.165, 1.54) is 6.08 Å². The van der Waals surface area contributed by atoms with E-state index >= 15 is 0 Å². The Morgan fingerprint density at radius 2 is 1.64 bits per heavy atom. The molecule has 4 aromatic rings. The summed E-state index contributed by atoms with van der Waals surface area (Å²) in [5, 5.41) is 0.888. The number of H-pyrrole nitrogens is 1. The first-order valence-corrected chi connectivity index (χ1v) is 8.76. The SMILES string of the molecule is NC(=O)/C=C/c1c[nH]c2ncc(-c3ccc(C(=O)c4ccccc4)cc3)cc12. The van der Waals surface area contributed by atoms with Crippen molar-refractivity contribution in [3.05, 3.63) is 95.8 Å². The summed E-state index contributed by atoms with van der Waals surface area (Å²) in [5.74, 6) is -0.512. The van der Waals surface area contributed by atoms with E-state index in [1.807, 2.05) is 48.5 Å². The number of nitrogens with zero attached hydrogens (tertiary/aromatic N) is 1. The molecule has 0 aliphatic carbocycles. The molecule has 0 spiro atoms. The summed E-state index contributed by atoms with van der Waals surface area (Å²) in [7, 11) is 0. The first kappa shape index (κ1) is 17.4. The highest BCUT2D eigenvalue weighted by Crippen LogP contribution is 2.26. The van der Waals surface area contributed by atoms with Crippen LogP contribution in [0.4, 0.5) is 0 Å². The lowest BCUT2D eigenvalue weighted by Crippen LogP contribution is -2.04. The van der Waals surface area contributed by atoms with Crippen LogP contribution in [0.2, 0.25) is 0 Å². The average Bonchev–Trinajstić information content (AvgIpc) is 3.14. The number of hydrogen-bond donors (Lipinski definition) is 2. The number of nitrogens with two attached hydrogens (primary N) is 1. The second kappa shape index (κ2) is 7.32. The van der Waals surface area contributed by atoms with Gasteiger partial charge in [0.2, 0.25) is 5.91 Å². The van der Waals surface area contributed by atoms with Crippen LogP contribution < -0.4 is 5.73 Å². The largest absolute Gasteiger partial charge is 0.366 e. The summed E-state index contributed by atoms with van der Waals surface area (Å²) in [6, 6.07) is 18.6. The molecule has 3 N–H and O–H groups in total. The second-order valence-electron chi connectivity index (χ2n) is 6.37. The Hall–Kier alpha value is -3.99. The van der Waals surface area contributed by atoms with Crippen LogP contribution in [0.3, 0.4) is 0 Å². The normalized spacial score (nSPS) is 11.1. The van der Waals surface area contributed by atoms with Gasteiger partial charge in [-0.15, -0.1) is 0 Å². The van der Waals surface area contributed by atoms with Gasteiger partial charge in [0, 0.05) is 46.1 Å². The number of primary amides is 1. The van der Waals surface area contributed by atoms with Crippen LogP contribution in [0.1, 0.15) is 21.5 Å². The molecule has 0 saturated heterocycles. The molecule has 0 aliphatic heterocycles. The highest BCUT2D eigenvalue weighted by molar-refractivity contribution is 6.09. The van der Waals surface area contributed by atoms with Gasteiger partial charge in [-0.1, -0.05) is 54.6 Å². The number of nitrogens with one attached hydrogen (secondary N) is 1. The van der Waals surface area contributed by atoms with Gasteiger partial charge in [-0.3, -0.25) is 9.59 Å². The van der Waals surface area contributed by atoms with E-state index in [4.69, 9.17) is 5.73 Å². The fourth-order valence-corrected chi connectivity index (χ4v) is 3.06. The van der Waals surface area contributed by atoms with Crippen LogP contribution in [-0.4, -0.2) is 21.7 Å². The van der Waals surface area contributed by atoms with Crippen molar-refractivity contribution in [3.8, 4) is 11.1 Å². The second-order valence-corrected chi connectivity index (χ2v) is 6.37. The molecular formula is C23H17N3O2. The number of ketones is 1. The number of carbonyl (C=O) groups is 2. The molecule has 5 heteroatoms. The molecule has 0 unspecified atom stereocenters. The molecule has 4 rings (SSSR count). The van der Waals surface area contributed by atoms with E-state index in [-0.39, 0.29) is 5.78 Å². The number of hydrogen-bond acceptors (Lipinski definition) is 3. The van der Waals surface area contributed by atoms with Crippen molar-refractivity contribution in [2.24, 2.45) is 5.73 Å². The van der Waals surface area contributed by atoms with Crippen LogP contribution in [0, 0.1) is 0 Å². The van der Waals surface area contributed by atoms with E-state index < -0.39 is 5.91 Å². The van der Waals surface area contributed by atoms with Crippen LogP contribution in [0.5, 0.6) is 0 Å². The third kappa shape index (κ3) is 3.46. The van der Waals surface area contributed by atoms with Gasteiger partial charge in [0.15, 0.2) is 5.78 Å². The van der Waals surface area contributed by atoms with E-state index in [9.17, 15) is 9.59 Å². The quantitative estimate of drug-likeness (QED) is 0.413. The zero-order valence-corrected chi connectivity index (χ0v) is 14.9. The van der Waals surface area contributed by atoms with Gasteiger partial charge in [0.1, 0.15) is 5.65 Å². The Labute approximate surface area is 161 Å². The maximum Gasteiger partial charge on any atom is 0.241 e. The number of pyridine rings is 1. The van der Waals surface area contributed by atoms with Gasteiger partial charge < -0.3 is 10.7 Å². The lowest BCUT2D eigenvalue weighted by atomic mass is 9.99. The van der Waals surface area contributed by atoms with Crippen molar-refractivity contribution in [2.75, 3.05) is 0 Å². The van der Waals surface area contributed by atoms with Crippen LogP contribution in [-0.2, 0) is 4.79 Å². The number of benzene rings is 2. The summed E-state index contributed by atoms with van der Waals surface area (Å²) in [4.78, 5) is 31.0. The van der Waals surface area contributed by atoms with Crippen LogP contribution in [0.15, 0.2) is 79.1 Å². The molecule has 0 fully saturated rings. The fraction of sp³-hybridized carbons (Fsp3) is 0. The molecule has 0 bridgehead atoms. The number of aromatic amines is 1. The standard InChI is InChI=1S/C23H17N3O2/c24-21(27)11-10-18-13-25-23-20(18)12-19(14-26-23)15-6-8-17(9-7-15)22(28)16-4-2-1-3-5-16/h1-14H,(H2,24,27)(H,25,26)/b11-10+. The molecule has 2 aromatic heterocycles. The summed E-state index contributed by atoms with van der Waals surface area (Å²) in [5.41, 5.74) is 9.90. The van der Waals surface area contributed by atoms with Crippen LogP contribution in [0.25, 0.3) is 28.2 Å². The van der Waals surface area contributed by atoms with Crippen molar-refractivity contribution < 1.29 is 9.59 Å². The summed E-state index contributed by atoms with van der Waals surface area (Å²) < 4.78 is 0. The zero-order chi connectivity index (χ0) is 19.5. The average molecular weight is 367 g/mol. The van der Waals surface area contributed by atoms with Crippen LogP contribution >= 0.6 is 0 Å². The summed E-state index contributed by atoms with van der Waals surface area (Å²) in [6.45, 7) is 0. The van der Waals surface area contributed by atoms with Crippen molar-refractivity contribution in [3.63, 3.8) is 0 Å². The van der Waals surface area contributed by atoms with Gasteiger partial charge in [0.25, 0.3) is 0 Å². The maximum absolute atomic E-state index is 12.5. The molecule has 136 valence electrons. The smallest absolute Gasteiger partial charge is 0.241 e. The zero-order valence-electron chi connectivity index (χ0n) is 14.9. The third-order valence-electron chi connectivity index (χ3n) is 4.51. The van der Waals surface area contributed by atoms with Crippen molar-refractivity contribution >= 4 is 28.8 Å². The molecule has 0 saturated carbocycles. The lowest BCUT2D eigenvalue weighted by Gasteiger charge is -2.05. The molecule has 5 nitrogen and oxygen atoms in total. The number of amides is 1. The summed E-state index contributed by atoms with van der Waals surface area (Å²) >= 11 is 0. The van der Waals surface area contributed by atoms with Gasteiger partial charge in [0.05, 0.1) is 0 Å². The van der Waals surface area contributed by atoms with E-state index in [0.717, 1.165) is 27.7 Å². The van der Waals surface area contributed by atoms with Crippen molar-refractivity contribution in [1.29, 1.82) is 0 Å². The Kier molecular flexibility index (Phi) is 4.56. The van der Waals surface area contributed by atoms with Gasteiger partial charge in [-0.05, 0) is 17.7 Å². The maximum atomic E-state index is 12.5. The molecular weight excluding hydrogens is 350 g/mol. The molecule has 1 amide bonds. The Bertz CT molecular complexity index is 1190. The molecule has 0 atom stereocenters. The topological polar surface area (TPSA) is 88.8 Å². The van der Waals surface area contributed by atoms with Gasteiger partial charge in [-0.2, -0.15) is 0 Å². The Balaban J connectivity index is 1.65. The van der Waals surface area contributed by atoms with Gasteiger partial charge in [-0.25, -0.2) is 4.98 Å². The number of fused-ring (bicyclic) bond motifs is 1. The monoisotopic (exact) mass is 367 g/mol. The number of rotatable bonds is 5. The molecule has 0 aliphatic rings. The van der Waals surface area contributed by atoms with E-state index in [0.29, 0.717) is 11.1 Å². The van der Waals surface area contributed by atoms with Crippen molar-refractivity contribution in [2.45, 2.75) is 0 Å². The highest BCUT2D eigenvalue weighted by atomic mass is 16.1. The molecule has 28 heavy (non-hydrogen) atoms.